The van der Waals surface area contributed by atoms with E-state index in [2.05, 4.69) is 15.5 Å². The number of methoxy groups -OCH3 is 1. The van der Waals surface area contributed by atoms with Crippen molar-refractivity contribution in [3.63, 3.8) is 0 Å². The van der Waals surface area contributed by atoms with Crippen molar-refractivity contribution in [2.75, 3.05) is 19.0 Å². The minimum Gasteiger partial charge on any atom is -0.497 e. The fraction of sp³-hybridized carbons (Fsp3) is 0.357. The Morgan fingerprint density at radius 2 is 1.88 bits per heavy atom. The molecule has 10 heteroatoms. The number of rotatable bonds is 7. The number of amides is 1. The Kier molecular flexibility index (Phi) is 5.96. The van der Waals surface area contributed by atoms with Crippen molar-refractivity contribution >= 4 is 22.4 Å². The molecule has 0 fully saturated rings. The molecule has 0 bridgehead atoms. The van der Waals surface area contributed by atoms with Gasteiger partial charge in [0.1, 0.15) is 11.5 Å². The molecule has 0 unspecified atom stereocenters. The van der Waals surface area contributed by atoms with Crippen LogP contribution >= 0.6 is 11.3 Å². The third-order valence-electron chi connectivity index (χ3n) is 2.79. The van der Waals surface area contributed by atoms with Crippen LogP contribution in [-0.2, 0) is 11.0 Å². The number of hydrogen-bond donors (Lipinski definition) is 1. The molecule has 0 atom stereocenters. The minimum absolute atomic E-state index is 0.0943. The maximum atomic E-state index is 12.4. The predicted octanol–water partition coefficient (Wildman–Crippen LogP) is 3.36. The third kappa shape index (κ3) is 5.37. The molecule has 2 aromatic rings. The van der Waals surface area contributed by atoms with Gasteiger partial charge >= 0.3 is 6.18 Å². The molecule has 1 aromatic carbocycles. The van der Waals surface area contributed by atoms with Gasteiger partial charge in [0.2, 0.25) is 16.0 Å². The van der Waals surface area contributed by atoms with E-state index in [0.717, 1.165) is 0 Å². The lowest BCUT2D eigenvalue weighted by molar-refractivity contribution is -0.138. The molecule has 1 heterocycles. The standard InChI is InChI=1S/C14H14F3N3O3S/c1-22-9-4-6-10(7-5-9)23-8-2-3-11(21)18-13-20-19-12(24-13)14(15,16)17/h4-7H,2-3,8H2,1H3,(H,18,20,21). The van der Waals surface area contributed by atoms with Gasteiger partial charge in [-0.15, -0.1) is 10.2 Å². The van der Waals surface area contributed by atoms with Crippen LogP contribution in [0.3, 0.4) is 0 Å². The number of halogens is 3. The van der Waals surface area contributed by atoms with Crippen molar-refractivity contribution in [3.05, 3.63) is 29.3 Å². The molecular weight excluding hydrogens is 347 g/mol. The van der Waals surface area contributed by atoms with Crippen molar-refractivity contribution in [3.8, 4) is 11.5 Å². The van der Waals surface area contributed by atoms with Crippen LogP contribution in [0.15, 0.2) is 24.3 Å². The maximum absolute atomic E-state index is 12.4. The van der Waals surface area contributed by atoms with Crippen molar-refractivity contribution in [2.24, 2.45) is 0 Å². The van der Waals surface area contributed by atoms with Gasteiger partial charge in [0.05, 0.1) is 13.7 Å². The van der Waals surface area contributed by atoms with Crippen LogP contribution in [0.1, 0.15) is 17.8 Å². The van der Waals surface area contributed by atoms with Crippen LogP contribution in [0.2, 0.25) is 0 Å². The van der Waals surface area contributed by atoms with Gasteiger partial charge in [-0.05, 0) is 30.7 Å². The van der Waals surface area contributed by atoms with Crippen molar-refractivity contribution in [1.82, 2.24) is 10.2 Å². The highest BCUT2D eigenvalue weighted by atomic mass is 32.1. The summed E-state index contributed by atoms with van der Waals surface area (Å²) in [5.74, 6) is 0.894. The number of benzene rings is 1. The quantitative estimate of drug-likeness (QED) is 0.766. The average molecular weight is 361 g/mol. The molecule has 0 radical (unpaired) electrons. The second-order valence-corrected chi connectivity index (χ2v) is 5.56. The molecule has 1 amide bonds. The van der Waals surface area contributed by atoms with E-state index in [0.29, 0.717) is 24.5 Å². The van der Waals surface area contributed by atoms with Crippen molar-refractivity contribution in [1.29, 1.82) is 0 Å². The molecule has 6 nitrogen and oxygen atoms in total. The highest BCUT2D eigenvalue weighted by Gasteiger charge is 2.35. The highest BCUT2D eigenvalue weighted by Crippen LogP contribution is 2.33. The first-order valence-electron chi connectivity index (χ1n) is 6.86. The van der Waals surface area contributed by atoms with Crippen molar-refractivity contribution < 1.29 is 27.4 Å². The molecule has 0 saturated carbocycles. The summed E-state index contributed by atoms with van der Waals surface area (Å²) in [7, 11) is 1.56. The fourth-order valence-corrected chi connectivity index (χ4v) is 2.29. The van der Waals surface area contributed by atoms with Crippen LogP contribution in [-0.4, -0.2) is 29.8 Å². The van der Waals surface area contributed by atoms with E-state index >= 15 is 0 Å². The van der Waals surface area contributed by atoms with E-state index in [1.54, 1.807) is 31.4 Å². The summed E-state index contributed by atoms with van der Waals surface area (Å²) in [5.41, 5.74) is 0. The molecular formula is C14H14F3N3O3S. The first-order chi connectivity index (χ1) is 11.4. The zero-order chi connectivity index (χ0) is 17.6. The molecule has 0 aliphatic rings. The molecule has 0 saturated heterocycles. The Morgan fingerprint density at radius 3 is 2.46 bits per heavy atom. The number of anilines is 1. The lowest BCUT2D eigenvalue weighted by atomic mass is 10.3. The van der Waals surface area contributed by atoms with Gasteiger partial charge in [0.25, 0.3) is 0 Å². The number of aromatic nitrogens is 2. The Hall–Kier alpha value is -2.36. The summed E-state index contributed by atoms with van der Waals surface area (Å²) in [4.78, 5) is 11.6. The lowest BCUT2D eigenvalue weighted by Crippen LogP contribution is -2.12. The zero-order valence-electron chi connectivity index (χ0n) is 12.6. The molecule has 0 aliphatic heterocycles. The van der Waals surface area contributed by atoms with Crippen LogP contribution in [0, 0.1) is 0 Å². The van der Waals surface area contributed by atoms with Gasteiger partial charge < -0.3 is 14.8 Å². The summed E-state index contributed by atoms with van der Waals surface area (Å²) in [6, 6.07) is 6.96. The van der Waals surface area contributed by atoms with E-state index in [9.17, 15) is 18.0 Å². The minimum atomic E-state index is -4.56. The van der Waals surface area contributed by atoms with Crippen LogP contribution in [0.5, 0.6) is 11.5 Å². The molecule has 130 valence electrons. The largest absolute Gasteiger partial charge is 0.497 e. The second kappa shape index (κ2) is 7.95. The van der Waals surface area contributed by atoms with Crippen molar-refractivity contribution in [2.45, 2.75) is 19.0 Å². The molecule has 24 heavy (non-hydrogen) atoms. The molecule has 0 spiro atoms. The van der Waals surface area contributed by atoms with E-state index < -0.39 is 17.1 Å². The third-order valence-corrected chi connectivity index (χ3v) is 3.67. The second-order valence-electron chi connectivity index (χ2n) is 4.59. The van der Waals surface area contributed by atoms with Crippen LogP contribution < -0.4 is 14.8 Å². The summed E-state index contributed by atoms with van der Waals surface area (Å²) < 4.78 is 47.6. The van der Waals surface area contributed by atoms with Gasteiger partial charge in [-0.2, -0.15) is 13.2 Å². The first-order valence-corrected chi connectivity index (χ1v) is 7.67. The molecule has 2 rings (SSSR count). The maximum Gasteiger partial charge on any atom is 0.445 e. The number of alkyl halides is 3. The number of nitrogens with zero attached hydrogens (tertiary/aromatic N) is 2. The van der Waals surface area contributed by atoms with Gasteiger partial charge in [-0.25, -0.2) is 0 Å². The van der Waals surface area contributed by atoms with Crippen LogP contribution in [0.25, 0.3) is 0 Å². The van der Waals surface area contributed by atoms with E-state index in [1.807, 2.05) is 0 Å². The smallest absolute Gasteiger partial charge is 0.445 e. The number of ether oxygens (including phenoxy) is 2. The number of hydrogen-bond acceptors (Lipinski definition) is 6. The highest BCUT2D eigenvalue weighted by molar-refractivity contribution is 7.15. The first kappa shape index (κ1) is 18.0. The number of nitrogens with one attached hydrogen (secondary N) is 1. The van der Waals surface area contributed by atoms with Gasteiger partial charge in [-0.1, -0.05) is 11.3 Å². The molecule has 0 aliphatic carbocycles. The summed E-state index contributed by atoms with van der Waals surface area (Å²) in [6.07, 6.45) is -4.06. The summed E-state index contributed by atoms with van der Waals surface area (Å²) in [6.45, 7) is 0.295. The Bertz CT molecular complexity index is 674. The Balaban J connectivity index is 1.70. The van der Waals surface area contributed by atoms with Crippen LogP contribution in [0.4, 0.5) is 18.3 Å². The van der Waals surface area contributed by atoms with Gasteiger partial charge in [-0.3, -0.25) is 4.79 Å². The monoisotopic (exact) mass is 361 g/mol. The topological polar surface area (TPSA) is 73.3 Å². The number of carbonyl (C=O) groups excluding carboxylic acids is 1. The van der Waals surface area contributed by atoms with E-state index in [4.69, 9.17) is 9.47 Å². The Morgan fingerprint density at radius 1 is 1.21 bits per heavy atom. The van der Waals surface area contributed by atoms with E-state index in [-0.39, 0.29) is 22.9 Å². The molecule has 1 aromatic heterocycles. The Labute approximate surface area is 139 Å². The molecule has 1 N–H and O–H groups in total. The zero-order valence-corrected chi connectivity index (χ0v) is 13.4. The van der Waals surface area contributed by atoms with Gasteiger partial charge in [0, 0.05) is 6.42 Å². The fourth-order valence-electron chi connectivity index (χ4n) is 1.66. The number of carbonyl (C=O) groups is 1. The lowest BCUT2D eigenvalue weighted by Gasteiger charge is -2.06. The average Bonchev–Trinajstić information content (AvgIpc) is 3.01. The predicted molar refractivity (Wildman–Crippen MR) is 81.3 cm³/mol. The summed E-state index contributed by atoms with van der Waals surface area (Å²) >= 11 is 0.285. The summed E-state index contributed by atoms with van der Waals surface area (Å²) in [5, 5.41) is 7.28. The van der Waals surface area contributed by atoms with E-state index in [1.165, 1.54) is 0 Å². The van der Waals surface area contributed by atoms with Gasteiger partial charge in [0.15, 0.2) is 0 Å². The SMILES string of the molecule is COc1ccc(OCCCC(=O)Nc2nnc(C(F)(F)F)s2)cc1. The normalized spacial score (nSPS) is 11.2.